The number of benzene rings is 1. The van der Waals surface area contributed by atoms with E-state index in [2.05, 4.69) is 16.8 Å². The van der Waals surface area contributed by atoms with Crippen LogP contribution in [0.2, 0.25) is 0 Å². The van der Waals surface area contributed by atoms with Crippen molar-refractivity contribution < 1.29 is 28.4 Å². The van der Waals surface area contributed by atoms with Crippen molar-refractivity contribution in [2.75, 3.05) is 11.4 Å². The van der Waals surface area contributed by atoms with Crippen LogP contribution >= 0.6 is 0 Å². The maximum Gasteiger partial charge on any atom is 0.373 e. The summed E-state index contributed by atoms with van der Waals surface area (Å²) in [5.41, 5.74) is -0.202. The van der Waals surface area contributed by atoms with Crippen LogP contribution in [-0.4, -0.2) is 39.4 Å². The molecule has 0 unspecified atom stereocenters. The molecule has 1 aliphatic heterocycles. The van der Waals surface area contributed by atoms with Crippen molar-refractivity contribution in [1.82, 2.24) is 9.71 Å². The van der Waals surface area contributed by atoms with Gasteiger partial charge in [-0.1, -0.05) is 13.0 Å². The van der Waals surface area contributed by atoms with Gasteiger partial charge in [0.25, 0.3) is 5.56 Å². The molecule has 4 rings (SSSR count). The van der Waals surface area contributed by atoms with Crippen LogP contribution in [0.5, 0.6) is 0 Å². The van der Waals surface area contributed by atoms with E-state index in [1.807, 2.05) is 0 Å². The van der Waals surface area contributed by atoms with Crippen LogP contribution in [0.1, 0.15) is 48.5 Å². The molecule has 34 heavy (non-hydrogen) atoms. The second-order valence-corrected chi connectivity index (χ2v) is 7.86. The summed E-state index contributed by atoms with van der Waals surface area (Å²) >= 11 is 0. The summed E-state index contributed by atoms with van der Waals surface area (Å²) in [5.74, 6) is -1.93. The van der Waals surface area contributed by atoms with Crippen LogP contribution in [0.15, 0.2) is 41.3 Å². The fourth-order valence-corrected chi connectivity index (χ4v) is 4.39. The Morgan fingerprint density at radius 1 is 1.26 bits per heavy atom. The fourth-order valence-electron chi connectivity index (χ4n) is 4.39. The quantitative estimate of drug-likeness (QED) is 0.433. The highest BCUT2D eigenvalue weighted by Crippen LogP contribution is 2.35. The summed E-state index contributed by atoms with van der Waals surface area (Å²) in [6, 6.07) is 6.77. The zero-order valence-corrected chi connectivity index (χ0v) is 18.5. The Balaban J connectivity index is 0.00000103. The summed E-state index contributed by atoms with van der Waals surface area (Å²) in [6.07, 6.45) is 4.29. The monoisotopic (exact) mass is 471 g/mol. The second-order valence-electron chi connectivity index (χ2n) is 7.86. The third kappa shape index (κ3) is 4.87. The third-order valence-electron chi connectivity index (χ3n) is 5.94. The summed E-state index contributed by atoms with van der Waals surface area (Å²) in [5, 5.41) is 10.9. The molecule has 0 spiro atoms. The molecule has 0 bridgehead atoms. The molecule has 178 valence electrons. The lowest BCUT2D eigenvalue weighted by molar-refractivity contribution is -0.191. The predicted molar refractivity (Wildman–Crippen MR) is 118 cm³/mol. The molecule has 8 nitrogen and oxygen atoms in total. The highest BCUT2D eigenvalue weighted by molar-refractivity contribution is 6.08. The average Bonchev–Trinajstić information content (AvgIpc) is 3.29. The van der Waals surface area contributed by atoms with Gasteiger partial charge < -0.3 is 10.1 Å². The van der Waals surface area contributed by atoms with E-state index in [1.165, 1.54) is 12.3 Å². The predicted octanol–water partition coefficient (Wildman–Crippen LogP) is 3.52. The third-order valence-corrected chi connectivity index (χ3v) is 5.94. The van der Waals surface area contributed by atoms with Gasteiger partial charge in [0.1, 0.15) is 17.2 Å². The Morgan fingerprint density at radius 3 is 2.68 bits per heavy atom. The number of nitrogens with zero attached hydrogens (tertiary/aromatic N) is 3. The highest BCUT2D eigenvalue weighted by atomic mass is 19.1. The van der Waals surface area contributed by atoms with E-state index in [0.29, 0.717) is 22.3 Å². The van der Waals surface area contributed by atoms with E-state index in [0.717, 1.165) is 31.4 Å². The Morgan fingerprint density at radius 2 is 2.00 bits per heavy atom. The van der Waals surface area contributed by atoms with Gasteiger partial charge in [-0.15, -0.1) is 4.73 Å². The summed E-state index contributed by atoms with van der Waals surface area (Å²) < 4.78 is 27.6. The molecule has 0 amide bonds. The Bertz CT molecular complexity index is 1300. The molecule has 3 aromatic rings. The first kappa shape index (κ1) is 24.7. The van der Waals surface area contributed by atoms with Crippen molar-refractivity contribution >= 4 is 28.7 Å². The Hall–Kier alpha value is -3.91. The minimum Gasteiger partial charge on any atom is -0.423 e. The average molecular weight is 471 g/mol. The number of rotatable bonds is 6. The minimum atomic E-state index is -0.840. The van der Waals surface area contributed by atoms with Crippen LogP contribution in [0.25, 0.3) is 11.0 Å². The normalized spacial score (nSPS) is 15.0. The molecular weight excluding hydrogens is 448 g/mol. The number of aromatic nitrogens is 2. The van der Waals surface area contributed by atoms with Crippen LogP contribution in [0, 0.1) is 11.6 Å². The SMILES string of the molecule is CC[C@@H]1CCCN1c1c(C(=O)CCc2ccc(F)cc2F)c(=O)n(O)c2ncccc12.O=C=O. The van der Waals surface area contributed by atoms with Crippen molar-refractivity contribution in [3.05, 3.63) is 69.6 Å². The van der Waals surface area contributed by atoms with Crippen molar-refractivity contribution in [2.24, 2.45) is 0 Å². The van der Waals surface area contributed by atoms with Crippen LogP contribution < -0.4 is 10.5 Å². The van der Waals surface area contributed by atoms with Crippen molar-refractivity contribution in [2.45, 2.75) is 45.1 Å². The molecule has 1 saturated heterocycles. The van der Waals surface area contributed by atoms with Gasteiger partial charge in [0.05, 0.1) is 5.69 Å². The van der Waals surface area contributed by atoms with Crippen LogP contribution in [-0.2, 0) is 16.0 Å². The molecule has 3 heterocycles. The maximum atomic E-state index is 14.0. The van der Waals surface area contributed by atoms with Crippen LogP contribution in [0.4, 0.5) is 14.5 Å². The molecule has 1 aromatic carbocycles. The van der Waals surface area contributed by atoms with Gasteiger partial charge in [0.2, 0.25) is 0 Å². The van der Waals surface area contributed by atoms with Gasteiger partial charge in [-0.3, -0.25) is 9.59 Å². The number of aryl methyl sites for hydroxylation is 1. The number of hydrogen-bond acceptors (Lipinski definition) is 7. The first-order chi connectivity index (χ1) is 16.3. The lowest BCUT2D eigenvalue weighted by atomic mass is 9.99. The van der Waals surface area contributed by atoms with E-state index in [9.17, 15) is 23.6 Å². The minimum absolute atomic E-state index is 0.0114. The first-order valence-electron chi connectivity index (χ1n) is 10.8. The second kappa shape index (κ2) is 10.8. The van der Waals surface area contributed by atoms with Crippen LogP contribution in [0.3, 0.4) is 0 Å². The number of halogens is 2. The first-order valence-corrected chi connectivity index (χ1v) is 10.8. The topological polar surface area (TPSA) is 110 Å². The number of Topliss-reactive ketones (excluding diaryl/α,β-unsaturated/α-hetero) is 1. The number of carbonyl (C=O) groups excluding carboxylic acids is 3. The van der Waals surface area contributed by atoms with Gasteiger partial charge in [0.15, 0.2) is 11.4 Å². The zero-order valence-electron chi connectivity index (χ0n) is 18.5. The molecule has 10 heteroatoms. The van der Waals surface area contributed by atoms with E-state index in [4.69, 9.17) is 9.59 Å². The number of hydrogen-bond donors (Lipinski definition) is 1. The number of fused-ring (bicyclic) bond motifs is 1. The molecule has 0 radical (unpaired) electrons. The van der Waals surface area contributed by atoms with Crippen molar-refractivity contribution in [3.8, 4) is 0 Å². The smallest absolute Gasteiger partial charge is 0.373 e. The molecular formula is C24H23F2N3O5. The molecule has 2 aromatic heterocycles. The van der Waals surface area contributed by atoms with E-state index in [-0.39, 0.29) is 41.8 Å². The van der Waals surface area contributed by atoms with E-state index >= 15 is 0 Å². The number of carbonyl (C=O) groups is 1. The number of ketones is 1. The molecule has 1 atom stereocenters. The van der Waals surface area contributed by atoms with Gasteiger partial charge in [0, 0.05) is 36.7 Å². The largest absolute Gasteiger partial charge is 0.423 e. The lowest BCUT2D eigenvalue weighted by Gasteiger charge is -2.29. The lowest BCUT2D eigenvalue weighted by Crippen LogP contribution is -2.35. The fraction of sp³-hybridized carbons (Fsp3) is 0.333. The van der Waals surface area contributed by atoms with Gasteiger partial charge in [-0.2, -0.15) is 9.59 Å². The zero-order chi connectivity index (χ0) is 24.8. The highest BCUT2D eigenvalue weighted by Gasteiger charge is 2.31. The molecule has 1 aliphatic rings. The molecule has 0 aliphatic carbocycles. The standard InChI is InChI=1S/C23H23F2N3O3.CO2/c1-2-16-5-4-12-27(16)21-17-6-3-11-26-22(17)28(31)23(30)20(21)19(29)10-8-14-7-9-15(24)13-18(14)25;2-1-3/h3,6-7,9,11,13,16,31H,2,4-5,8,10,12H2,1H3;/t16-;/m1./s1. The van der Waals surface area contributed by atoms with E-state index < -0.39 is 23.0 Å². The molecule has 1 N–H and O–H groups in total. The number of pyridine rings is 2. The number of anilines is 1. The van der Waals surface area contributed by atoms with Crippen molar-refractivity contribution in [1.29, 1.82) is 0 Å². The Labute approximate surface area is 193 Å². The van der Waals surface area contributed by atoms with Crippen molar-refractivity contribution in [3.63, 3.8) is 0 Å². The Kier molecular flexibility index (Phi) is 7.86. The molecule has 1 fully saturated rings. The molecule has 0 saturated carbocycles. The summed E-state index contributed by atoms with van der Waals surface area (Å²) in [6.45, 7) is 2.74. The maximum absolute atomic E-state index is 14.0. The van der Waals surface area contributed by atoms with Gasteiger partial charge in [-0.25, -0.2) is 13.8 Å². The summed E-state index contributed by atoms with van der Waals surface area (Å²) in [4.78, 5) is 48.7. The van der Waals surface area contributed by atoms with Gasteiger partial charge >= 0.3 is 6.15 Å². The van der Waals surface area contributed by atoms with Gasteiger partial charge in [-0.05, 0) is 49.4 Å². The van der Waals surface area contributed by atoms with E-state index in [1.54, 1.807) is 12.1 Å². The summed E-state index contributed by atoms with van der Waals surface area (Å²) in [7, 11) is 0.